The first-order valence-corrected chi connectivity index (χ1v) is 9.59. The number of carbonyl (C=O) groups excluding carboxylic acids is 2. The van der Waals surface area contributed by atoms with E-state index in [0.29, 0.717) is 17.9 Å². The fourth-order valence-corrected chi connectivity index (χ4v) is 4.39. The van der Waals surface area contributed by atoms with Crippen molar-refractivity contribution in [2.75, 3.05) is 58.9 Å². The monoisotopic (exact) mass is 408 g/mol. The van der Waals surface area contributed by atoms with E-state index >= 15 is 0 Å². The molecule has 1 unspecified atom stereocenters. The summed E-state index contributed by atoms with van der Waals surface area (Å²) < 4.78 is 0. The smallest absolute Gasteiger partial charge is 0.236 e. The number of rotatable bonds is 5. The van der Waals surface area contributed by atoms with Crippen LogP contribution in [0.3, 0.4) is 0 Å². The van der Waals surface area contributed by atoms with Crippen molar-refractivity contribution in [3.63, 3.8) is 0 Å². The fraction of sp³-hybridized carbons (Fsp3) is 0.889. The first-order chi connectivity index (χ1) is 11.6. The van der Waals surface area contributed by atoms with E-state index in [0.717, 1.165) is 71.6 Å². The van der Waals surface area contributed by atoms with Crippen LogP contribution in [0.5, 0.6) is 0 Å². The molecule has 0 radical (unpaired) electrons. The molecule has 1 saturated carbocycles. The minimum Gasteiger partial charge on any atom is -0.342 e. The SMILES string of the molecule is CCN(CC)C(=O)CN1CCN(C(=O)C2CC23CCNCC3)CC1.Cl.Cl. The van der Waals surface area contributed by atoms with Gasteiger partial charge in [-0.2, -0.15) is 0 Å². The third-order valence-corrected chi connectivity index (χ3v) is 6.25. The van der Waals surface area contributed by atoms with Crippen LogP contribution in [-0.2, 0) is 9.59 Å². The van der Waals surface area contributed by atoms with Crippen molar-refractivity contribution in [3.05, 3.63) is 0 Å². The lowest BCUT2D eigenvalue weighted by molar-refractivity contribution is -0.136. The third kappa shape index (κ3) is 5.03. The van der Waals surface area contributed by atoms with Crippen LogP contribution in [0.1, 0.15) is 33.1 Å². The molecule has 2 saturated heterocycles. The molecule has 0 bridgehead atoms. The van der Waals surface area contributed by atoms with Gasteiger partial charge in [0.1, 0.15) is 0 Å². The molecule has 1 atom stereocenters. The van der Waals surface area contributed by atoms with E-state index < -0.39 is 0 Å². The van der Waals surface area contributed by atoms with Crippen molar-refractivity contribution < 1.29 is 9.59 Å². The summed E-state index contributed by atoms with van der Waals surface area (Å²) in [7, 11) is 0. The van der Waals surface area contributed by atoms with Crippen molar-refractivity contribution in [2.24, 2.45) is 11.3 Å². The molecule has 0 aromatic heterocycles. The Hall–Kier alpha value is -0.560. The van der Waals surface area contributed by atoms with Crippen molar-refractivity contribution in [2.45, 2.75) is 33.1 Å². The molecule has 2 amide bonds. The predicted octanol–water partition coefficient (Wildman–Crippen LogP) is 1.23. The molecule has 8 heteroatoms. The second-order valence-corrected chi connectivity index (χ2v) is 7.54. The molecule has 2 aliphatic heterocycles. The van der Waals surface area contributed by atoms with Gasteiger partial charge in [0.25, 0.3) is 0 Å². The zero-order valence-corrected chi connectivity index (χ0v) is 17.7. The third-order valence-electron chi connectivity index (χ3n) is 6.25. The van der Waals surface area contributed by atoms with E-state index in [-0.39, 0.29) is 36.6 Å². The van der Waals surface area contributed by atoms with E-state index in [1.54, 1.807) is 0 Å². The molecule has 2 heterocycles. The van der Waals surface area contributed by atoms with Crippen LogP contribution < -0.4 is 5.32 Å². The molecular formula is C18H34Cl2N4O2. The van der Waals surface area contributed by atoms with E-state index in [4.69, 9.17) is 0 Å². The van der Waals surface area contributed by atoms with Gasteiger partial charge >= 0.3 is 0 Å². The Labute approximate surface area is 169 Å². The summed E-state index contributed by atoms with van der Waals surface area (Å²) in [6.07, 6.45) is 3.40. The Morgan fingerprint density at radius 2 is 1.62 bits per heavy atom. The molecular weight excluding hydrogens is 375 g/mol. The average molecular weight is 409 g/mol. The molecule has 3 rings (SSSR count). The van der Waals surface area contributed by atoms with Gasteiger partial charge in [-0.1, -0.05) is 0 Å². The summed E-state index contributed by atoms with van der Waals surface area (Å²) in [5, 5.41) is 3.39. The number of nitrogens with zero attached hydrogens (tertiary/aromatic N) is 3. The van der Waals surface area contributed by atoms with Crippen molar-refractivity contribution in [3.8, 4) is 0 Å². The number of piperidine rings is 1. The maximum Gasteiger partial charge on any atom is 0.236 e. The summed E-state index contributed by atoms with van der Waals surface area (Å²) in [5.41, 5.74) is 0.318. The second-order valence-electron chi connectivity index (χ2n) is 7.54. The average Bonchev–Trinajstić information content (AvgIpc) is 3.29. The van der Waals surface area contributed by atoms with Crippen LogP contribution in [-0.4, -0.2) is 85.4 Å². The zero-order chi connectivity index (χ0) is 17.2. The first kappa shape index (κ1) is 23.5. The highest BCUT2D eigenvalue weighted by Gasteiger charge is 2.58. The standard InChI is InChI=1S/C18H32N4O2.2ClH/c1-3-21(4-2)16(23)14-20-9-11-22(12-10-20)17(24)15-13-18(15)5-7-19-8-6-18;;/h15,19H,3-14H2,1-2H3;2*1H. The molecule has 6 nitrogen and oxygen atoms in total. The van der Waals surface area contributed by atoms with Crippen LogP contribution in [0.4, 0.5) is 0 Å². The van der Waals surface area contributed by atoms with Crippen molar-refractivity contribution in [1.82, 2.24) is 20.0 Å². The Morgan fingerprint density at radius 1 is 1.04 bits per heavy atom. The molecule has 1 N–H and O–H groups in total. The number of nitrogens with one attached hydrogen (secondary N) is 1. The van der Waals surface area contributed by atoms with Gasteiger partial charge < -0.3 is 15.1 Å². The highest BCUT2D eigenvalue weighted by Crippen LogP contribution is 2.59. The second kappa shape index (κ2) is 10.1. The molecule has 152 valence electrons. The van der Waals surface area contributed by atoms with Gasteiger partial charge in [-0.15, -0.1) is 24.8 Å². The van der Waals surface area contributed by atoms with Crippen LogP contribution in [0.15, 0.2) is 0 Å². The maximum atomic E-state index is 12.8. The molecule has 26 heavy (non-hydrogen) atoms. The predicted molar refractivity (Wildman–Crippen MR) is 108 cm³/mol. The molecule has 0 aromatic rings. The van der Waals surface area contributed by atoms with Gasteiger partial charge in [-0.3, -0.25) is 14.5 Å². The van der Waals surface area contributed by atoms with Crippen LogP contribution in [0.2, 0.25) is 0 Å². The molecule has 3 aliphatic rings. The summed E-state index contributed by atoms with van der Waals surface area (Å²) in [4.78, 5) is 31.1. The number of amides is 2. The molecule has 3 fully saturated rings. The minimum absolute atomic E-state index is 0. The number of hydrogen-bond donors (Lipinski definition) is 1. The van der Waals surface area contributed by atoms with Gasteiger partial charge in [0, 0.05) is 45.2 Å². The van der Waals surface area contributed by atoms with Crippen LogP contribution >= 0.6 is 24.8 Å². The fourth-order valence-electron chi connectivity index (χ4n) is 4.39. The lowest BCUT2D eigenvalue weighted by Crippen LogP contribution is -2.52. The van der Waals surface area contributed by atoms with Gasteiger partial charge in [0.2, 0.25) is 11.8 Å². The lowest BCUT2D eigenvalue weighted by Gasteiger charge is -2.36. The van der Waals surface area contributed by atoms with Crippen molar-refractivity contribution >= 4 is 36.6 Å². The number of likely N-dealkylation sites (N-methyl/N-ethyl adjacent to an activating group) is 1. The molecule has 0 aromatic carbocycles. The highest BCUT2D eigenvalue weighted by atomic mass is 35.5. The van der Waals surface area contributed by atoms with Crippen molar-refractivity contribution in [1.29, 1.82) is 0 Å². The number of carbonyl (C=O) groups is 2. The van der Waals surface area contributed by atoms with E-state index in [2.05, 4.69) is 10.2 Å². The first-order valence-electron chi connectivity index (χ1n) is 9.59. The quantitative estimate of drug-likeness (QED) is 0.742. The Balaban J connectivity index is 0.00000169. The zero-order valence-electron chi connectivity index (χ0n) is 16.0. The van der Waals surface area contributed by atoms with Gasteiger partial charge in [-0.05, 0) is 51.6 Å². The van der Waals surface area contributed by atoms with Crippen LogP contribution in [0.25, 0.3) is 0 Å². The summed E-state index contributed by atoms with van der Waals surface area (Å²) >= 11 is 0. The number of piperazine rings is 1. The van der Waals surface area contributed by atoms with E-state index in [9.17, 15) is 9.59 Å². The van der Waals surface area contributed by atoms with E-state index in [1.165, 1.54) is 0 Å². The summed E-state index contributed by atoms with van der Waals surface area (Å²) in [6.45, 7) is 11.4. The van der Waals surface area contributed by atoms with Gasteiger partial charge in [0.15, 0.2) is 0 Å². The topological polar surface area (TPSA) is 55.9 Å². The van der Waals surface area contributed by atoms with E-state index in [1.807, 2.05) is 23.6 Å². The largest absolute Gasteiger partial charge is 0.342 e. The molecule has 1 spiro atoms. The highest BCUT2D eigenvalue weighted by molar-refractivity contribution is 5.85. The number of hydrogen-bond acceptors (Lipinski definition) is 4. The Kier molecular flexibility index (Phi) is 9.13. The van der Waals surface area contributed by atoms with Gasteiger partial charge in [0.05, 0.1) is 6.54 Å². The Bertz CT molecular complexity index is 474. The normalized spacial score (nSPS) is 24.4. The maximum absolute atomic E-state index is 12.8. The molecule has 1 aliphatic carbocycles. The summed E-state index contributed by atoms with van der Waals surface area (Å²) in [5.74, 6) is 0.839. The summed E-state index contributed by atoms with van der Waals surface area (Å²) in [6, 6.07) is 0. The lowest BCUT2D eigenvalue weighted by atomic mass is 9.91. The minimum atomic E-state index is 0. The number of halogens is 2. The Morgan fingerprint density at radius 3 is 2.15 bits per heavy atom. The van der Waals surface area contributed by atoms with Gasteiger partial charge in [-0.25, -0.2) is 0 Å². The van der Waals surface area contributed by atoms with Crippen LogP contribution in [0, 0.1) is 11.3 Å².